The summed E-state index contributed by atoms with van der Waals surface area (Å²) in [5, 5.41) is 2.98. The Morgan fingerprint density at radius 2 is 1.92 bits per heavy atom. The predicted molar refractivity (Wildman–Crippen MR) is 93.8 cm³/mol. The quantitative estimate of drug-likeness (QED) is 0.766. The van der Waals surface area contributed by atoms with Gasteiger partial charge in [0.15, 0.2) is 6.54 Å². The number of methoxy groups -OCH3 is 1. The van der Waals surface area contributed by atoms with E-state index in [4.69, 9.17) is 4.74 Å². The minimum atomic E-state index is -0.230. The van der Waals surface area contributed by atoms with Crippen LogP contribution >= 0.6 is 0 Å². The fourth-order valence-electron chi connectivity index (χ4n) is 3.02. The summed E-state index contributed by atoms with van der Waals surface area (Å²) in [6, 6.07) is 14.7. The Bertz CT molecular complexity index is 714. The highest BCUT2D eigenvalue weighted by atomic mass is 19.1. The van der Waals surface area contributed by atoms with Gasteiger partial charge in [0.05, 0.1) is 13.2 Å². The van der Waals surface area contributed by atoms with Crippen LogP contribution in [-0.2, 0) is 17.9 Å². The minimum Gasteiger partial charge on any atom is -0.496 e. The molecule has 0 aromatic heterocycles. The van der Waals surface area contributed by atoms with Crippen molar-refractivity contribution >= 4 is 5.91 Å². The lowest BCUT2D eigenvalue weighted by molar-refractivity contribution is -0.917. The summed E-state index contributed by atoms with van der Waals surface area (Å²) in [6.45, 7) is 1.63. The van der Waals surface area contributed by atoms with Gasteiger partial charge < -0.3 is 15.0 Å². The van der Waals surface area contributed by atoms with Crippen molar-refractivity contribution in [2.45, 2.75) is 32.0 Å². The fraction of sp³-hybridized carbons (Fsp3) is 0.350. The SMILES string of the molecule is COc1ccccc1CNC(=O)C[NH+](Cc1ccc(F)cc1)C1CC1. The zero-order valence-corrected chi connectivity index (χ0v) is 14.4. The van der Waals surface area contributed by atoms with Gasteiger partial charge in [-0.05, 0) is 18.2 Å². The summed E-state index contributed by atoms with van der Waals surface area (Å²) in [7, 11) is 1.63. The van der Waals surface area contributed by atoms with Crippen LogP contribution in [0.3, 0.4) is 0 Å². The van der Waals surface area contributed by atoms with E-state index in [1.54, 1.807) is 19.2 Å². The lowest BCUT2D eigenvalue weighted by atomic mass is 10.2. The number of hydrogen-bond donors (Lipinski definition) is 2. The molecule has 2 N–H and O–H groups in total. The molecule has 0 heterocycles. The number of para-hydroxylation sites is 1. The first-order valence-corrected chi connectivity index (χ1v) is 8.63. The molecule has 1 fully saturated rings. The highest BCUT2D eigenvalue weighted by molar-refractivity contribution is 5.76. The van der Waals surface area contributed by atoms with Gasteiger partial charge in [-0.15, -0.1) is 0 Å². The molecule has 0 saturated heterocycles. The zero-order chi connectivity index (χ0) is 17.6. The lowest BCUT2D eigenvalue weighted by Crippen LogP contribution is -3.13. The van der Waals surface area contributed by atoms with Crippen LogP contribution in [0.2, 0.25) is 0 Å². The number of halogens is 1. The van der Waals surface area contributed by atoms with Crippen molar-refractivity contribution in [3.63, 3.8) is 0 Å². The Hall–Kier alpha value is -2.40. The third kappa shape index (κ3) is 5.03. The first kappa shape index (κ1) is 17.4. The third-order valence-corrected chi connectivity index (χ3v) is 4.56. The van der Waals surface area contributed by atoms with Crippen LogP contribution in [0.25, 0.3) is 0 Å². The van der Waals surface area contributed by atoms with Crippen LogP contribution < -0.4 is 15.0 Å². The molecule has 0 bridgehead atoms. The number of nitrogens with one attached hydrogen (secondary N) is 2. The molecule has 1 unspecified atom stereocenters. The molecule has 5 heteroatoms. The van der Waals surface area contributed by atoms with E-state index in [1.807, 2.05) is 24.3 Å². The molecule has 132 valence electrons. The average molecular weight is 343 g/mol. The zero-order valence-electron chi connectivity index (χ0n) is 14.4. The maximum absolute atomic E-state index is 13.0. The summed E-state index contributed by atoms with van der Waals surface area (Å²) in [5.41, 5.74) is 2.02. The van der Waals surface area contributed by atoms with Crippen molar-refractivity contribution in [2.24, 2.45) is 0 Å². The van der Waals surface area contributed by atoms with Crippen molar-refractivity contribution in [3.8, 4) is 5.75 Å². The molecule has 0 radical (unpaired) electrons. The fourth-order valence-corrected chi connectivity index (χ4v) is 3.02. The standard InChI is InChI=1S/C20H23FN2O2/c1-25-19-5-3-2-4-16(19)12-22-20(24)14-23(18-10-11-18)13-15-6-8-17(21)9-7-15/h2-9,18H,10-14H2,1H3,(H,22,24)/p+1. The second kappa shape index (κ2) is 8.12. The van der Waals surface area contributed by atoms with Gasteiger partial charge in [-0.25, -0.2) is 4.39 Å². The van der Waals surface area contributed by atoms with Gasteiger partial charge in [0.25, 0.3) is 5.91 Å². The molecule has 1 aliphatic carbocycles. The van der Waals surface area contributed by atoms with Gasteiger partial charge in [0.2, 0.25) is 0 Å². The van der Waals surface area contributed by atoms with Crippen molar-refractivity contribution in [3.05, 3.63) is 65.5 Å². The van der Waals surface area contributed by atoms with Gasteiger partial charge >= 0.3 is 0 Å². The van der Waals surface area contributed by atoms with Crippen LogP contribution in [0.4, 0.5) is 4.39 Å². The van der Waals surface area contributed by atoms with E-state index >= 15 is 0 Å². The van der Waals surface area contributed by atoms with E-state index in [9.17, 15) is 9.18 Å². The molecule has 1 aliphatic rings. The van der Waals surface area contributed by atoms with E-state index < -0.39 is 0 Å². The Balaban J connectivity index is 1.55. The number of rotatable bonds is 8. The second-order valence-electron chi connectivity index (χ2n) is 6.50. The maximum atomic E-state index is 13.0. The first-order valence-electron chi connectivity index (χ1n) is 8.63. The molecule has 2 aromatic carbocycles. The largest absolute Gasteiger partial charge is 0.496 e. The monoisotopic (exact) mass is 343 g/mol. The number of amides is 1. The molecule has 1 atom stereocenters. The molecule has 1 amide bonds. The van der Waals surface area contributed by atoms with Gasteiger partial charge in [0.1, 0.15) is 18.1 Å². The van der Waals surface area contributed by atoms with E-state index in [2.05, 4.69) is 5.32 Å². The summed E-state index contributed by atoms with van der Waals surface area (Å²) in [4.78, 5) is 13.6. The molecule has 25 heavy (non-hydrogen) atoms. The van der Waals surface area contributed by atoms with Crippen LogP contribution in [0.5, 0.6) is 5.75 Å². The van der Waals surface area contributed by atoms with Gasteiger partial charge in [-0.1, -0.05) is 30.3 Å². The smallest absolute Gasteiger partial charge is 0.275 e. The molecule has 0 spiro atoms. The normalized spacial score (nSPS) is 14.8. The molecule has 3 rings (SSSR count). The summed E-state index contributed by atoms with van der Waals surface area (Å²) >= 11 is 0. The summed E-state index contributed by atoms with van der Waals surface area (Å²) in [5.74, 6) is 0.571. The van der Waals surface area contributed by atoms with Gasteiger partial charge in [0, 0.05) is 30.5 Å². The second-order valence-corrected chi connectivity index (χ2v) is 6.50. The highest BCUT2D eigenvalue weighted by Crippen LogP contribution is 2.17. The van der Waals surface area contributed by atoms with E-state index in [1.165, 1.54) is 17.0 Å². The van der Waals surface area contributed by atoms with E-state index in [0.717, 1.165) is 36.3 Å². The summed E-state index contributed by atoms with van der Waals surface area (Å²) < 4.78 is 18.4. The number of hydrogen-bond acceptors (Lipinski definition) is 2. The van der Waals surface area contributed by atoms with Crippen LogP contribution in [-0.4, -0.2) is 25.6 Å². The minimum absolute atomic E-state index is 0.0231. The lowest BCUT2D eigenvalue weighted by Gasteiger charge is -2.19. The maximum Gasteiger partial charge on any atom is 0.275 e. The van der Waals surface area contributed by atoms with E-state index in [-0.39, 0.29) is 11.7 Å². The Morgan fingerprint density at radius 3 is 2.60 bits per heavy atom. The Morgan fingerprint density at radius 1 is 1.20 bits per heavy atom. The van der Waals surface area contributed by atoms with Crippen molar-refractivity contribution in [2.75, 3.05) is 13.7 Å². The molecular weight excluding hydrogens is 319 g/mol. The number of carbonyl (C=O) groups excluding carboxylic acids is 1. The number of ether oxygens (including phenoxy) is 1. The van der Waals surface area contributed by atoms with Crippen LogP contribution in [0, 0.1) is 5.82 Å². The first-order chi connectivity index (χ1) is 12.2. The Labute approximate surface area is 147 Å². The molecule has 4 nitrogen and oxygen atoms in total. The number of benzene rings is 2. The molecule has 1 saturated carbocycles. The number of carbonyl (C=O) groups is 1. The molecule has 2 aromatic rings. The highest BCUT2D eigenvalue weighted by Gasteiger charge is 2.34. The summed E-state index contributed by atoms with van der Waals surface area (Å²) in [6.07, 6.45) is 2.30. The number of quaternary nitrogens is 1. The van der Waals surface area contributed by atoms with E-state index in [0.29, 0.717) is 19.1 Å². The van der Waals surface area contributed by atoms with Gasteiger partial charge in [-0.2, -0.15) is 0 Å². The van der Waals surface area contributed by atoms with Crippen LogP contribution in [0.1, 0.15) is 24.0 Å². The molecule has 0 aliphatic heterocycles. The van der Waals surface area contributed by atoms with Crippen LogP contribution in [0.15, 0.2) is 48.5 Å². The van der Waals surface area contributed by atoms with Crippen molar-refractivity contribution < 1.29 is 18.8 Å². The van der Waals surface area contributed by atoms with Crippen molar-refractivity contribution in [1.82, 2.24) is 5.32 Å². The van der Waals surface area contributed by atoms with Crippen molar-refractivity contribution in [1.29, 1.82) is 0 Å². The molecular formula is C20H24FN2O2+. The predicted octanol–water partition coefficient (Wildman–Crippen LogP) is 1.70. The third-order valence-electron chi connectivity index (χ3n) is 4.56. The topological polar surface area (TPSA) is 42.8 Å². The Kier molecular flexibility index (Phi) is 5.66. The average Bonchev–Trinajstić information content (AvgIpc) is 3.46. The van der Waals surface area contributed by atoms with Gasteiger partial charge in [-0.3, -0.25) is 4.79 Å².